The van der Waals surface area contributed by atoms with E-state index in [0.717, 1.165) is 51.6 Å². The van der Waals surface area contributed by atoms with Gasteiger partial charge in [0.2, 0.25) is 5.91 Å². The van der Waals surface area contributed by atoms with Crippen LogP contribution in [0.25, 0.3) is 0 Å². The Morgan fingerprint density at radius 3 is 2.36 bits per heavy atom. The van der Waals surface area contributed by atoms with Gasteiger partial charge in [-0.3, -0.25) is 4.79 Å². The molecule has 4 aliphatic rings. The van der Waals surface area contributed by atoms with E-state index >= 15 is 0 Å². The molecule has 4 aliphatic heterocycles. The Hall–Kier alpha value is -1.30. The van der Waals surface area contributed by atoms with E-state index in [4.69, 9.17) is 4.74 Å². The van der Waals surface area contributed by atoms with E-state index in [0.29, 0.717) is 37.2 Å². The number of likely N-dealkylation sites (tertiary alicyclic amines) is 1. The zero-order valence-corrected chi connectivity index (χ0v) is 15.5. The molecule has 140 valence electrons. The van der Waals surface area contributed by atoms with Crippen molar-refractivity contribution in [1.29, 1.82) is 0 Å². The standard InChI is InChI=1S/C19H31N3O3/c1-3-25-18(24)22-14-4-5-15(22)11-16(10-14)21-8-6-19(7-9-21)12-17(23)20-13(19)2/h13-16H,3-12H2,1-2H3,(H,20,23). The maximum Gasteiger partial charge on any atom is 0.410 e. The Kier molecular flexibility index (Phi) is 4.42. The zero-order valence-electron chi connectivity index (χ0n) is 15.5. The van der Waals surface area contributed by atoms with Crippen LogP contribution in [0, 0.1) is 5.41 Å². The lowest BCUT2D eigenvalue weighted by Gasteiger charge is -2.47. The highest BCUT2D eigenvalue weighted by atomic mass is 16.6. The van der Waals surface area contributed by atoms with E-state index in [1.807, 2.05) is 11.8 Å². The topological polar surface area (TPSA) is 61.9 Å². The van der Waals surface area contributed by atoms with Crippen molar-refractivity contribution in [3.8, 4) is 0 Å². The van der Waals surface area contributed by atoms with Gasteiger partial charge < -0.3 is 19.9 Å². The molecule has 0 aromatic heterocycles. The molecule has 0 saturated carbocycles. The average molecular weight is 349 g/mol. The van der Waals surface area contributed by atoms with Gasteiger partial charge in [0.05, 0.1) is 6.61 Å². The number of hydrogen-bond acceptors (Lipinski definition) is 4. The van der Waals surface area contributed by atoms with Gasteiger partial charge in [0.15, 0.2) is 0 Å². The molecule has 2 bridgehead atoms. The van der Waals surface area contributed by atoms with Crippen molar-refractivity contribution < 1.29 is 14.3 Å². The number of piperidine rings is 2. The Bertz CT molecular complexity index is 530. The molecule has 0 aromatic rings. The van der Waals surface area contributed by atoms with Crippen molar-refractivity contribution in [2.24, 2.45) is 5.41 Å². The summed E-state index contributed by atoms with van der Waals surface area (Å²) in [7, 11) is 0. The quantitative estimate of drug-likeness (QED) is 0.830. The lowest BCUT2D eigenvalue weighted by atomic mass is 9.72. The third kappa shape index (κ3) is 2.92. The van der Waals surface area contributed by atoms with Crippen molar-refractivity contribution in [2.45, 2.75) is 83.0 Å². The van der Waals surface area contributed by atoms with Crippen LogP contribution in [-0.4, -0.2) is 65.7 Å². The predicted octanol–water partition coefficient (Wildman–Crippen LogP) is 2.13. The molecule has 0 radical (unpaired) electrons. The summed E-state index contributed by atoms with van der Waals surface area (Å²) in [5.41, 5.74) is 0.179. The number of rotatable bonds is 2. The van der Waals surface area contributed by atoms with E-state index in [1.165, 1.54) is 0 Å². The third-order valence-electron chi connectivity index (χ3n) is 7.31. The first-order valence-corrected chi connectivity index (χ1v) is 10.0. The van der Waals surface area contributed by atoms with Crippen LogP contribution in [0.15, 0.2) is 0 Å². The Morgan fingerprint density at radius 1 is 1.20 bits per heavy atom. The fourth-order valence-electron chi connectivity index (χ4n) is 5.81. The molecular formula is C19H31N3O3. The Labute approximate surface area is 150 Å². The number of nitrogens with one attached hydrogen (secondary N) is 1. The summed E-state index contributed by atoms with van der Waals surface area (Å²) in [5.74, 6) is 0.224. The van der Waals surface area contributed by atoms with E-state index in [9.17, 15) is 9.59 Å². The summed E-state index contributed by atoms with van der Waals surface area (Å²) in [6.45, 7) is 6.67. The highest BCUT2D eigenvalue weighted by molar-refractivity contribution is 5.79. The molecule has 3 unspecified atom stereocenters. The zero-order chi connectivity index (χ0) is 17.6. The maximum atomic E-state index is 12.2. The van der Waals surface area contributed by atoms with Gasteiger partial charge in [-0.1, -0.05) is 0 Å². The average Bonchev–Trinajstić information content (AvgIpc) is 3.01. The second-order valence-corrected chi connectivity index (χ2v) is 8.48. The van der Waals surface area contributed by atoms with Crippen LogP contribution in [0.5, 0.6) is 0 Å². The first kappa shape index (κ1) is 17.1. The van der Waals surface area contributed by atoms with Gasteiger partial charge in [0.1, 0.15) is 0 Å². The molecule has 0 aliphatic carbocycles. The van der Waals surface area contributed by atoms with Crippen molar-refractivity contribution in [3.63, 3.8) is 0 Å². The van der Waals surface area contributed by atoms with Crippen molar-refractivity contribution in [2.75, 3.05) is 19.7 Å². The van der Waals surface area contributed by atoms with E-state index in [1.54, 1.807) is 0 Å². The highest BCUT2D eigenvalue weighted by Crippen LogP contribution is 2.44. The number of fused-ring (bicyclic) bond motifs is 2. The second kappa shape index (κ2) is 6.45. The number of amides is 2. The van der Waals surface area contributed by atoms with Gasteiger partial charge in [-0.2, -0.15) is 0 Å². The molecule has 1 N–H and O–H groups in total. The number of ether oxygens (including phenoxy) is 1. The van der Waals surface area contributed by atoms with Crippen LogP contribution in [0.1, 0.15) is 58.8 Å². The normalized spacial score (nSPS) is 37.4. The van der Waals surface area contributed by atoms with Gasteiger partial charge in [0.25, 0.3) is 0 Å². The van der Waals surface area contributed by atoms with Crippen LogP contribution >= 0.6 is 0 Å². The summed E-state index contributed by atoms with van der Waals surface area (Å²) in [6, 6.07) is 1.60. The van der Waals surface area contributed by atoms with Crippen molar-refractivity contribution in [3.05, 3.63) is 0 Å². The van der Waals surface area contributed by atoms with Crippen LogP contribution in [-0.2, 0) is 9.53 Å². The van der Waals surface area contributed by atoms with Crippen LogP contribution < -0.4 is 5.32 Å². The summed E-state index contributed by atoms with van der Waals surface area (Å²) in [4.78, 5) is 28.7. The van der Waals surface area contributed by atoms with E-state index in [-0.39, 0.29) is 17.4 Å². The Balaban J connectivity index is 1.36. The van der Waals surface area contributed by atoms with Gasteiger partial charge in [-0.15, -0.1) is 0 Å². The first-order valence-electron chi connectivity index (χ1n) is 10.0. The number of nitrogens with zero attached hydrogens (tertiary/aromatic N) is 2. The predicted molar refractivity (Wildman–Crippen MR) is 94.2 cm³/mol. The molecule has 25 heavy (non-hydrogen) atoms. The SMILES string of the molecule is CCOC(=O)N1C2CCC1CC(N1CCC3(CC1)CC(=O)NC3C)C2. The number of carbonyl (C=O) groups excluding carboxylic acids is 2. The summed E-state index contributed by atoms with van der Waals surface area (Å²) >= 11 is 0. The molecule has 1 spiro atoms. The van der Waals surface area contributed by atoms with Gasteiger partial charge in [-0.25, -0.2) is 4.79 Å². The third-order valence-corrected chi connectivity index (χ3v) is 7.31. The van der Waals surface area contributed by atoms with Crippen molar-refractivity contribution >= 4 is 12.0 Å². The van der Waals surface area contributed by atoms with Crippen LogP contribution in [0.4, 0.5) is 4.79 Å². The highest BCUT2D eigenvalue weighted by Gasteiger charge is 2.49. The van der Waals surface area contributed by atoms with E-state index in [2.05, 4.69) is 17.1 Å². The molecule has 4 heterocycles. The summed E-state index contributed by atoms with van der Waals surface area (Å²) in [5, 5.41) is 3.11. The minimum atomic E-state index is -0.115. The van der Waals surface area contributed by atoms with Gasteiger partial charge in [-0.05, 0) is 65.5 Å². The summed E-state index contributed by atoms with van der Waals surface area (Å²) in [6.07, 6.45) is 7.20. The maximum absolute atomic E-state index is 12.2. The monoisotopic (exact) mass is 349 g/mol. The molecule has 2 amide bonds. The molecule has 6 heteroatoms. The molecule has 3 atom stereocenters. The van der Waals surface area contributed by atoms with Crippen molar-refractivity contribution in [1.82, 2.24) is 15.1 Å². The molecule has 4 rings (SSSR count). The van der Waals surface area contributed by atoms with Crippen LogP contribution in [0.3, 0.4) is 0 Å². The lowest BCUT2D eigenvalue weighted by molar-refractivity contribution is -0.120. The summed E-state index contributed by atoms with van der Waals surface area (Å²) < 4.78 is 5.26. The van der Waals surface area contributed by atoms with E-state index < -0.39 is 0 Å². The lowest BCUT2D eigenvalue weighted by Crippen LogP contribution is -2.55. The fraction of sp³-hybridized carbons (Fsp3) is 0.895. The largest absolute Gasteiger partial charge is 0.450 e. The number of hydrogen-bond donors (Lipinski definition) is 1. The first-order chi connectivity index (χ1) is 12.0. The minimum absolute atomic E-state index is 0.115. The smallest absolute Gasteiger partial charge is 0.410 e. The fourth-order valence-corrected chi connectivity index (χ4v) is 5.81. The molecule has 4 saturated heterocycles. The molecule has 6 nitrogen and oxygen atoms in total. The minimum Gasteiger partial charge on any atom is -0.450 e. The van der Waals surface area contributed by atoms with Gasteiger partial charge >= 0.3 is 6.09 Å². The van der Waals surface area contributed by atoms with Crippen LogP contribution in [0.2, 0.25) is 0 Å². The molecule has 0 aromatic carbocycles. The molecular weight excluding hydrogens is 318 g/mol. The van der Waals surface area contributed by atoms with Gasteiger partial charge in [0, 0.05) is 36.0 Å². The molecule has 4 fully saturated rings. The number of carbonyl (C=O) groups is 2. The Morgan fingerprint density at radius 2 is 1.84 bits per heavy atom. The second-order valence-electron chi connectivity index (χ2n) is 8.48.